The summed E-state index contributed by atoms with van der Waals surface area (Å²) in [5, 5.41) is 8.77. The molecule has 5 nitrogen and oxygen atoms in total. The third-order valence-electron chi connectivity index (χ3n) is 4.12. The molecule has 0 aromatic heterocycles. The normalized spacial score (nSPS) is 19.8. The summed E-state index contributed by atoms with van der Waals surface area (Å²) in [5.74, 6) is -1.85. The molecule has 8 heteroatoms. The van der Waals surface area contributed by atoms with Crippen LogP contribution < -0.4 is 5.73 Å². The lowest BCUT2D eigenvalue weighted by Crippen LogP contribution is -2.48. The number of carboxylic acid groups (broad SMARTS) is 1. The molecule has 132 valence electrons. The molecule has 24 heavy (non-hydrogen) atoms. The van der Waals surface area contributed by atoms with E-state index >= 15 is 0 Å². The van der Waals surface area contributed by atoms with Gasteiger partial charge in [0.15, 0.2) is 0 Å². The van der Waals surface area contributed by atoms with Crippen molar-refractivity contribution >= 4 is 11.9 Å². The highest BCUT2D eigenvalue weighted by atomic mass is 19.4. The molecule has 1 saturated heterocycles. The van der Waals surface area contributed by atoms with E-state index in [1.54, 1.807) is 0 Å². The molecule has 1 aromatic rings. The van der Waals surface area contributed by atoms with Gasteiger partial charge < -0.3 is 15.7 Å². The molecule has 0 bridgehead atoms. The molecule has 1 heterocycles. The number of nitrogens with two attached hydrogens (primary N) is 1. The molecular weight excluding hydrogens is 325 g/mol. The maximum Gasteiger partial charge on any atom is 0.416 e. The standard InChI is InChI=1S/C16H19F3N2O3/c17-16(18,19)11-6-2-1-5-10(11)13-7-3-4-8-21(13)15(24)12(20)9-14(22)23/h1-2,5-6,12-13H,3-4,7-9,20H2,(H,22,23)/t12-,13?/m0/s1. The van der Waals surface area contributed by atoms with Gasteiger partial charge in [0.05, 0.1) is 24.1 Å². The van der Waals surface area contributed by atoms with Crippen LogP contribution in [0, 0.1) is 0 Å². The van der Waals surface area contributed by atoms with Gasteiger partial charge in [-0.25, -0.2) is 0 Å². The smallest absolute Gasteiger partial charge is 0.416 e. The summed E-state index contributed by atoms with van der Waals surface area (Å²) in [6.45, 7) is 0.267. The number of halogens is 3. The second kappa shape index (κ2) is 7.21. The average Bonchev–Trinajstić information content (AvgIpc) is 2.52. The van der Waals surface area contributed by atoms with Crippen molar-refractivity contribution in [1.82, 2.24) is 4.90 Å². The topological polar surface area (TPSA) is 83.6 Å². The van der Waals surface area contributed by atoms with E-state index in [9.17, 15) is 22.8 Å². The van der Waals surface area contributed by atoms with Gasteiger partial charge in [-0.2, -0.15) is 13.2 Å². The summed E-state index contributed by atoms with van der Waals surface area (Å²) in [7, 11) is 0. The lowest BCUT2D eigenvalue weighted by atomic mass is 9.91. The third-order valence-corrected chi connectivity index (χ3v) is 4.12. The summed E-state index contributed by atoms with van der Waals surface area (Å²) < 4.78 is 39.8. The van der Waals surface area contributed by atoms with E-state index in [1.807, 2.05) is 0 Å². The number of piperidine rings is 1. The first-order valence-corrected chi connectivity index (χ1v) is 7.65. The molecule has 3 N–H and O–H groups in total. The Morgan fingerprint density at radius 1 is 1.29 bits per heavy atom. The van der Waals surface area contributed by atoms with Gasteiger partial charge >= 0.3 is 12.1 Å². The summed E-state index contributed by atoms with van der Waals surface area (Å²) in [4.78, 5) is 24.5. The Morgan fingerprint density at radius 3 is 2.58 bits per heavy atom. The van der Waals surface area contributed by atoms with Crippen molar-refractivity contribution in [1.29, 1.82) is 0 Å². The largest absolute Gasteiger partial charge is 0.481 e. The minimum Gasteiger partial charge on any atom is -0.481 e. The first-order valence-electron chi connectivity index (χ1n) is 7.65. The summed E-state index contributed by atoms with van der Waals surface area (Å²) in [5.41, 5.74) is 4.87. The number of carbonyl (C=O) groups excluding carboxylic acids is 1. The number of nitrogens with zero attached hydrogens (tertiary/aromatic N) is 1. The quantitative estimate of drug-likeness (QED) is 0.879. The number of rotatable bonds is 4. The molecule has 1 amide bonds. The Labute approximate surface area is 137 Å². The number of carbonyl (C=O) groups is 2. The Kier molecular flexibility index (Phi) is 5.48. The fourth-order valence-corrected chi connectivity index (χ4v) is 3.05. The highest BCUT2D eigenvalue weighted by Crippen LogP contribution is 2.39. The molecule has 1 aliphatic rings. The van der Waals surface area contributed by atoms with Crippen LogP contribution in [0.5, 0.6) is 0 Å². The summed E-state index contributed by atoms with van der Waals surface area (Å²) in [6, 6.07) is 3.15. The van der Waals surface area contributed by atoms with Crippen molar-refractivity contribution in [2.75, 3.05) is 6.54 Å². The van der Waals surface area contributed by atoms with Crippen molar-refractivity contribution in [3.63, 3.8) is 0 Å². The molecule has 2 atom stereocenters. The van der Waals surface area contributed by atoms with Crippen LogP contribution in [0.15, 0.2) is 24.3 Å². The van der Waals surface area contributed by atoms with Crippen LogP contribution in [-0.2, 0) is 15.8 Å². The molecule has 0 aliphatic carbocycles. The van der Waals surface area contributed by atoms with Gasteiger partial charge in [0.2, 0.25) is 5.91 Å². The number of carboxylic acids is 1. The van der Waals surface area contributed by atoms with Gasteiger partial charge in [-0.05, 0) is 30.9 Å². The predicted octanol–water partition coefficient (Wildman–Crippen LogP) is 2.56. The second-order valence-electron chi connectivity index (χ2n) is 5.83. The number of alkyl halides is 3. The van der Waals surface area contributed by atoms with Gasteiger partial charge in [0, 0.05) is 6.54 Å². The SMILES string of the molecule is N[C@@H](CC(=O)O)C(=O)N1CCCCC1c1ccccc1C(F)(F)F. The fourth-order valence-electron chi connectivity index (χ4n) is 3.05. The second-order valence-corrected chi connectivity index (χ2v) is 5.83. The zero-order valence-corrected chi connectivity index (χ0v) is 12.9. The summed E-state index contributed by atoms with van der Waals surface area (Å²) in [6.07, 6.45) is -3.35. The minimum atomic E-state index is -4.52. The van der Waals surface area contributed by atoms with E-state index < -0.39 is 42.1 Å². The third kappa shape index (κ3) is 4.05. The number of amides is 1. The molecule has 0 spiro atoms. The molecular formula is C16H19F3N2O3. The van der Waals surface area contributed by atoms with E-state index in [-0.39, 0.29) is 12.1 Å². The van der Waals surface area contributed by atoms with Gasteiger partial charge in [-0.15, -0.1) is 0 Å². The van der Waals surface area contributed by atoms with Gasteiger partial charge in [0.1, 0.15) is 0 Å². The Bertz CT molecular complexity index is 619. The highest BCUT2D eigenvalue weighted by Gasteiger charge is 2.39. The van der Waals surface area contributed by atoms with Crippen molar-refractivity contribution < 1.29 is 27.9 Å². The number of hydrogen-bond donors (Lipinski definition) is 2. The molecule has 1 unspecified atom stereocenters. The maximum atomic E-state index is 13.3. The number of benzene rings is 1. The van der Waals surface area contributed by atoms with E-state index in [4.69, 9.17) is 10.8 Å². The number of hydrogen-bond acceptors (Lipinski definition) is 3. The number of likely N-dealkylation sites (tertiary alicyclic amines) is 1. The van der Waals surface area contributed by atoms with E-state index in [2.05, 4.69) is 0 Å². The Hall–Kier alpha value is -2.09. The summed E-state index contributed by atoms with van der Waals surface area (Å²) >= 11 is 0. The van der Waals surface area contributed by atoms with Crippen molar-refractivity contribution in [2.24, 2.45) is 5.73 Å². The lowest BCUT2D eigenvalue weighted by Gasteiger charge is -2.38. The molecule has 0 radical (unpaired) electrons. The van der Waals surface area contributed by atoms with Gasteiger partial charge in [-0.1, -0.05) is 18.2 Å². The van der Waals surface area contributed by atoms with Crippen LogP contribution in [0.1, 0.15) is 42.9 Å². The predicted molar refractivity (Wildman–Crippen MR) is 80.0 cm³/mol. The van der Waals surface area contributed by atoms with Crippen molar-refractivity contribution in [3.8, 4) is 0 Å². The van der Waals surface area contributed by atoms with Gasteiger partial charge in [0.25, 0.3) is 0 Å². The van der Waals surface area contributed by atoms with E-state index in [0.717, 1.165) is 6.07 Å². The Balaban J connectivity index is 2.34. The van der Waals surface area contributed by atoms with Crippen LogP contribution in [0.25, 0.3) is 0 Å². The zero-order chi connectivity index (χ0) is 17.9. The average molecular weight is 344 g/mol. The van der Waals surface area contributed by atoms with Crippen LogP contribution >= 0.6 is 0 Å². The maximum absolute atomic E-state index is 13.3. The molecule has 2 rings (SSSR count). The zero-order valence-electron chi connectivity index (χ0n) is 12.9. The van der Waals surface area contributed by atoms with Crippen molar-refractivity contribution in [3.05, 3.63) is 35.4 Å². The van der Waals surface area contributed by atoms with E-state index in [1.165, 1.54) is 23.1 Å². The molecule has 1 fully saturated rings. The molecule has 1 aromatic carbocycles. The Morgan fingerprint density at radius 2 is 1.96 bits per heavy atom. The first kappa shape index (κ1) is 18.3. The van der Waals surface area contributed by atoms with E-state index in [0.29, 0.717) is 19.3 Å². The fraction of sp³-hybridized carbons (Fsp3) is 0.500. The number of aliphatic carboxylic acids is 1. The molecule has 1 aliphatic heterocycles. The van der Waals surface area contributed by atoms with Crippen LogP contribution in [0.4, 0.5) is 13.2 Å². The first-order chi connectivity index (χ1) is 11.2. The van der Waals surface area contributed by atoms with Gasteiger partial charge in [-0.3, -0.25) is 9.59 Å². The minimum absolute atomic E-state index is 0.0283. The highest BCUT2D eigenvalue weighted by molar-refractivity contribution is 5.86. The monoisotopic (exact) mass is 344 g/mol. The van der Waals surface area contributed by atoms with Crippen molar-refractivity contribution in [2.45, 2.75) is 43.9 Å². The molecule has 0 saturated carbocycles. The lowest BCUT2D eigenvalue weighted by molar-refractivity contribution is -0.145. The van der Waals surface area contributed by atoms with Crippen LogP contribution in [0.3, 0.4) is 0 Å². The van der Waals surface area contributed by atoms with Crippen LogP contribution in [-0.4, -0.2) is 34.5 Å². The van der Waals surface area contributed by atoms with Crippen LogP contribution in [0.2, 0.25) is 0 Å².